The van der Waals surface area contributed by atoms with Crippen LogP contribution in [0, 0.1) is 6.92 Å². The van der Waals surface area contributed by atoms with E-state index in [0.29, 0.717) is 5.92 Å². The van der Waals surface area contributed by atoms with Crippen LogP contribution < -0.4 is 5.32 Å². The fourth-order valence-corrected chi connectivity index (χ4v) is 2.43. The predicted molar refractivity (Wildman–Crippen MR) is 99.3 cm³/mol. The van der Waals surface area contributed by atoms with Gasteiger partial charge >= 0.3 is 0 Å². The Balaban J connectivity index is 2.24. The van der Waals surface area contributed by atoms with Crippen molar-refractivity contribution in [3.63, 3.8) is 0 Å². The molecule has 1 N–H and O–H groups in total. The molecule has 0 saturated carbocycles. The average Bonchev–Trinajstić information content (AvgIpc) is 2.52. The van der Waals surface area contributed by atoms with Gasteiger partial charge in [0.1, 0.15) is 0 Å². The van der Waals surface area contributed by atoms with Gasteiger partial charge in [0.2, 0.25) is 0 Å². The Morgan fingerprint density at radius 2 is 1.91 bits per heavy atom. The van der Waals surface area contributed by atoms with E-state index >= 15 is 0 Å². The second kappa shape index (κ2) is 7.13. The maximum Gasteiger partial charge on any atom is 0.0414 e. The van der Waals surface area contributed by atoms with Crippen molar-refractivity contribution in [2.75, 3.05) is 12.4 Å². The van der Waals surface area contributed by atoms with Crippen molar-refractivity contribution in [1.82, 2.24) is 0 Å². The Bertz CT molecular complexity index is 693. The van der Waals surface area contributed by atoms with E-state index in [4.69, 9.17) is 0 Å². The summed E-state index contributed by atoms with van der Waals surface area (Å²) in [6, 6.07) is 15.0. The summed E-state index contributed by atoms with van der Waals surface area (Å²) in [6.07, 6.45) is 4.21. The van der Waals surface area contributed by atoms with Gasteiger partial charge in [-0.3, -0.25) is 0 Å². The molecule has 0 aliphatic rings. The standard InChI is InChI=1S/C21H25N/c1-15(2)19-12-11-18(21(14-19)22-5)10-9-17(4)20-8-6-7-16(3)13-20/h6-15,22H,4H2,1-3,5H3/b10-9-. The van der Waals surface area contributed by atoms with Crippen LogP contribution in [0.25, 0.3) is 11.6 Å². The Morgan fingerprint density at radius 1 is 1.14 bits per heavy atom. The van der Waals surface area contributed by atoms with Crippen LogP contribution in [0.3, 0.4) is 0 Å². The topological polar surface area (TPSA) is 12.0 Å². The van der Waals surface area contributed by atoms with Gasteiger partial charge < -0.3 is 5.32 Å². The number of benzene rings is 2. The number of hydrogen-bond acceptors (Lipinski definition) is 1. The third kappa shape index (κ3) is 3.88. The van der Waals surface area contributed by atoms with Crippen molar-refractivity contribution in [3.8, 4) is 0 Å². The monoisotopic (exact) mass is 291 g/mol. The molecule has 0 radical (unpaired) electrons. The molecular weight excluding hydrogens is 266 g/mol. The van der Waals surface area contributed by atoms with Gasteiger partial charge in [-0.2, -0.15) is 0 Å². The first-order valence-electron chi connectivity index (χ1n) is 7.77. The molecule has 2 rings (SSSR count). The van der Waals surface area contributed by atoms with Gasteiger partial charge in [0, 0.05) is 12.7 Å². The molecular formula is C21H25N. The van der Waals surface area contributed by atoms with Gasteiger partial charge in [0.15, 0.2) is 0 Å². The molecule has 0 aliphatic carbocycles. The predicted octanol–water partition coefficient (Wildman–Crippen LogP) is 5.89. The van der Waals surface area contributed by atoms with Gasteiger partial charge in [-0.25, -0.2) is 0 Å². The van der Waals surface area contributed by atoms with Crippen LogP contribution in [0.15, 0.2) is 55.1 Å². The lowest BCUT2D eigenvalue weighted by Crippen LogP contribution is -1.95. The van der Waals surface area contributed by atoms with E-state index in [1.807, 2.05) is 7.05 Å². The summed E-state index contributed by atoms with van der Waals surface area (Å²) in [5, 5.41) is 3.28. The number of rotatable bonds is 5. The zero-order valence-electron chi connectivity index (χ0n) is 14.0. The van der Waals surface area contributed by atoms with Crippen LogP contribution in [-0.4, -0.2) is 7.05 Å². The normalized spacial score (nSPS) is 11.1. The fourth-order valence-electron chi connectivity index (χ4n) is 2.43. The summed E-state index contributed by atoms with van der Waals surface area (Å²) < 4.78 is 0. The van der Waals surface area contributed by atoms with Gasteiger partial charge in [0.25, 0.3) is 0 Å². The minimum Gasteiger partial charge on any atom is -0.388 e. The van der Waals surface area contributed by atoms with Crippen LogP contribution in [-0.2, 0) is 0 Å². The van der Waals surface area contributed by atoms with Gasteiger partial charge in [-0.15, -0.1) is 0 Å². The fraction of sp³-hybridized carbons (Fsp3) is 0.238. The SMILES string of the molecule is C=C(/C=C\c1ccc(C(C)C)cc1NC)c1cccc(C)c1. The molecule has 1 nitrogen and oxygen atoms in total. The zero-order chi connectivity index (χ0) is 16.1. The second-order valence-electron chi connectivity index (χ2n) is 5.98. The number of aryl methyl sites for hydroxylation is 1. The van der Waals surface area contributed by atoms with Crippen LogP contribution in [0.5, 0.6) is 0 Å². The second-order valence-corrected chi connectivity index (χ2v) is 5.98. The van der Waals surface area contributed by atoms with E-state index < -0.39 is 0 Å². The first-order valence-corrected chi connectivity index (χ1v) is 7.77. The summed E-state index contributed by atoms with van der Waals surface area (Å²) in [6.45, 7) is 10.7. The van der Waals surface area contributed by atoms with E-state index in [0.717, 1.165) is 11.3 Å². The van der Waals surface area contributed by atoms with Crippen LogP contribution >= 0.6 is 0 Å². The van der Waals surface area contributed by atoms with Crippen molar-refractivity contribution >= 4 is 17.3 Å². The average molecular weight is 291 g/mol. The molecule has 0 unspecified atom stereocenters. The Kier molecular flexibility index (Phi) is 5.21. The summed E-state index contributed by atoms with van der Waals surface area (Å²) in [5.74, 6) is 0.535. The van der Waals surface area contributed by atoms with Gasteiger partial charge in [0.05, 0.1) is 0 Å². The molecule has 2 aromatic rings. The Hall–Kier alpha value is -2.28. The van der Waals surface area contributed by atoms with E-state index in [9.17, 15) is 0 Å². The maximum atomic E-state index is 4.18. The van der Waals surface area contributed by atoms with Gasteiger partial charge in [-0.05, 0) is 41.2 Å². The molecule has 1 heteroatoms. The van der Waals surface area contributed by atoms with Crippen molar-refractivity contribution in [3.05, 3.63) is 77.4 Å². The lowest BCUT2D eigenvalue weighted by Gasteiger charge is -2.11. The lowest BCUT2D eigenvalue weighted by molar-refractivity contribution is 0.867. The largest absolute Gasteiger partial charge is 0.388 e. The van der Waals surface area contributed by atoms with Crippen molar-refractivity contribution in [2.24, 2.45) is 0 Å². The smallest absolute Gasteiger partial charge is 0.0414 e. The number of nitrogens with one attached hydrogen (secondary N) is 1. The van der Waals surface area contributed by atoms with Crippen molar-refractivity contribution < 1.29 is 0 Å². The molecule has 0 aromatic heterocycles. The molecule has 2 aromatic carbocycles. The molecule has 0 spiro atoms. The van der Waals surface area contributed by atoms with E-state index in [1.165, 1.54) is 22.3 Å². The van der Waals surface area contributed by atoms with Crippen LogP contribution in [0.4, 0.5) is 5.69 Å². The molecule has 0 atom stereocenters. The van der Waals surface area contributed by atoms with Crippen molar-refractivity contribution in [1.29, 1.82) is 0 Å². The van der Waals surface area contributed by atoms with E-state index in [-0.39, 0.29) is 0 Å². The number of hydrogen-bond donors (Lipinski definition) is 1. The highest BCUT2D eigenvalue weighted by atomic mass is 14.8. The summed E-state index contributed by atoms with van der Waals surface area (Å²) >= 11 is 0. The summed E-state index contributed by atoms with van der Waals surface area (Å²) in [7, 11) is 1.96. The minimum absolute atomic E-state index is 0.535. The van der Waals surface area contributed by atoms with E-state index in [1.54, 1.807) is 0 Å². The minimum atomic E-state index is 0.535. The van der Waals surface area contributed by atoms with Gasteiger partial charge in [-0.1, -0.05) is 74.5 Å². The number of allylic oxidation sites excluding steroid dienone is 2. The van der Waals surface area contributed by atoms with Crippen LogP contribution in [0.2, 0.25) is 0 Å². The lowest BCUT2D eigenvalue weighted by atomic mass is 9.99. The molecule has 114 valence electrons. The van der Waals surface area contributed by atoms with Crippen molar-refractivity contribution in [2.45, 2.75) is 26.7 Å². The molecule has 22 heavy (non-hydrogen) atoms. The molecule has 0 fully saturated rings. The third-order valence-corrected chi connectivity index (χ3v) is 3.87. The highest BCUT2D eigenvalue weighted by molar-refractivity contribution is 5.80. The highest BCUT2D eigenvalue weighted by Gasteiger charge is 2.03. The third-order valence-electron chi connectivity index (χ3n) is 3.87. The number of anilines is 1. The zero-order valence-corrected chi connectivity index (χ0v) is 14.0. The highest BCUT2D eigenvalue weighted by Crippen LogP contribution is 2.25. The van der Waals surface area contributed by atoms with Crippen LogP contribution in [0.1, 0.15) is 42.0 Å². The first-order chi connectivity index (χ1) is 10.5. The Morgan fingerprint density at radius 3 is 2.55 bits per heavy atom. The maximum absolute atomic E-state index is 4.18. The molecule has 0 amide bonds. The molecule has 0 bridgehead atoms. The Labute approximate surface area is 134 Å². The first kappa shape index (κ1) is 16.1. The molecule has 0 heterocycles. The summed E-state index contributed by atoms with van der Waals surface area (Å²) in [4.78, 5) is 0. The quantitative estimate of drug-likeness (QED) is 0.678. The summed E-state index contributed by atoms with van der Waals surface area (Å²) in [5.41, 5.74) is 7.13. The molecule has 0 aliphatic heterocycles. The van der Waals surface area contributed by atoms with E-state index in [2.05, 4.69) is 87.3 Å². The molecule has 0 saturated heterocycles.